The van der Waals surface area contributed by atoms with Crippen molar-refractivity contribution in [3.8, 4) is 11.8 Å². The third-order valence-electron chi connectivity index (χ3n) is 8.47. The predicted octanol–water partition coefficient (Wildman–Crippen LogP) is 6.79. The Bertz CT molecular complexity index is 817. The van der Waals surface area contributed by atoms with Gasteiger partial charge in [-0.25, -0.2) is 8.78 Å². The number of halogens is 2. The van der Waals surface area contributed by atoms with E-state index in [9.17, 15) is 13.6 Å². The lowest BCUT2D eigenvalue weighted by molar-refractivity contribution is -0.144. The van der Waals surface area contributed by atoms with Crippen LogP contribution >= 0.6 is 0 Å². The molecule has 0 amide bonds. The van der Waals surface area contributed by atoms with Crippen LogP contribution in [0.2, 0.25) is 0 Å². The van der Waals surface area contributed by atoms with Crippen molar-refractivity contribution < 1.29 is 18.3 Å². The number of esters is 1. The summed E-state index contributed by atoms with van der Waals surface area (Å²) in [5.74, 6) is 0.714. The molecule has 3 saturated carbocycles. The van der Waals surface area contributed by atoms with Crippen LogP contribution in [-0.4, -0.2) is 5.97 Å². The van der Waals surface area contributed by atoms with Gasteiger partial charge in [-0.05, 0) is 68.1 Å². The van der Waals surface area contributed by atoms with Gasteiger partial charge in [-0.15, -0.1) is 0 Å². The van der Waals surface area contributed by atoms with E-state index in [0.29, 0.717) is 11.8 Å². The Balaban J connectivity index is 1.38. The fourth-order valence-electron chi connectivity index (χ4n) is 6.70. The molecule has 1 aromatic rings. The maximum atomic E-state index is 13.9. The molecular formula is C26H33F2NO2. The number of rotatable bonds is 4. The Kier molecular flexibility index (Phi) is 6.94. The first kappa shape index (κ1) is 22.2. The number of fused-ring (bicyclic) bond motifs is 1. The van der Waals surface area contributed by atoms with Gasteiger partial charge >= 0.3 is 5.97 Å². The van der Waals surface area contributed by atoms with Gasteiger partial charge in [0.2, 0.25) is 0 Å². The molecule has 0 aromatic heterocycles. The maximum absolute atomic E-state index is 13.9. The van der Waals surface area contributed by atoms with Crippen molar-refractivity contribution in [2.24, 2.45) is 35.5 Å². The number of hydrogen-bond donors (Lipinski definition) is 0. The average molecular weight is 430 g/mol. The molecule has 0 heterocycles. The lowest BCUT2D eigenvalue weighted by Crippen LogP contribution is -2.40. The number of nitriles is 1. The third-order valence-corrected chi connectivity index (χ3v) is 8.47. The molecule has 0 radical (unpaired) electrons. The quantitative estimate of drug-likeness (QED) is 0.391. The molecule has 1 aromatic carbocycles. The van der Waals surface area contributed by atoms with E-state index in [1.54, 1.807) is 0 Å². The zero-order valence-corrected chi connectivity index (χ0v) is 18.4. The van der Waals surface area contributed by atoms with Crippen LogP contribution in [0.15, 0.2) is 12.1 Å². The van der Waals surface area contributed by atoms with E-state index in [0.717, 1.165) is 49.1 Å². The van der Waals surface area contributed by atoms with E-state index in [2.05, 4.69) is 6.92 Å². The molecule has 4 atom stereocenters. The molecule has 3 aliphatic rings. The minimum Gasteiger partial charge on any atom is -0.426 e. The molecule has 3 fully saturated rings. The lowest BCUT2D eigenvalue weighted by atomic mass is 9.59. The van der Waals surface area contributed by atoms with Gasteiger partial charge in [-0.3, -0.25) is 4.79 Å². The number of carbonyl (C=O) groups is 1. The standard InChI is InChI=1S/C26H33F2NO2/c1-2-16-6-8-17(9-7-16)18-10-11-21-19(12-18)4-3-5-22(21)26(30)31-20-13-24(27)23(15-29)25(28)14-20/h13-14,16-19,21-22H,2-12H2,1H3. The second-order valence-corrected chi connectivity index (χ2v) is 10.0. The van der Waals surface area contributed by atoms with Crippen LogP contribution < -0.4 is 4.74 Å². The van der Waals surface area contributed by atoms with Crippen molar-refractivity contribution in [1.29, 1.82) is 5.26 Å². The Labute approximate surface area is 184 Å². The van der Waals surface area contributed by atoms with Crippen LogP contribution in [0.5, 0.6) is 5.75 Å². The van der Waals surface area contributed by atoms with Gasteiger partial charge in [0, 0.05) is 12.1 Å². The van der Waals surface area contributed by atoms with Crippen LogP contribution in [-0.2, 0) is 4.79 Å². The number of hydrogen-bond acceptors (Lipinski definition) is 3. The molecule has 4 unspecified atom stereocenters. The molecule has 3 nitrogen and oxygen atoms in total. The molecule has 0 bridgehead atoms. The van der Waals surface area contributed by atoms with Crippen molar-refractivity contribution in [1.82, 2.24) is 0 Å². The normalized spacial score (nSPS) is 33.2. The van der Waals surface area contributed by atoms with E-state index in [-0.39, 0.29) is 17.6 Å². The Morgan fingerprint density at radius 1 is 1.00 bits per heavy atom. The Morgan fingerprint density at radius 2 is 1.68 bits per heavy atom. The maximum Gasteiger partial charge on any atom is 0.314 e. The van der Waals surface area contributed by atoms with Crippen molar-refractivity contribution in [2.75, 3.05) is 0 Å². The highest BCUT2D eigenvalue weighted by atomic mass is 19.1. The van der Waals surface area contributed by atoms with Crippen LogP contribution in [0.25, 0.3) is 0 Å². The van der Waals surface area contributed by atoms with Crippen LogP contribution in [0.4, 0.5) is 8.78 Å². The summed E-state index contributed by atoms with van der Waals surface area (Å²) >= 11 is 0. The molecule has 31 heavy (non-hydrogen) atoms. The Hall–Kier alpha value is -1.96. The molecule has 0 saturated heterocycles. The molecule has 0 spiro atoms. The number of ether oxygens (including phenoxy) is 1. The summed E-state index contributed by atoms with van der Waals surface area (Å²) in [6, 6.07) is 3.36. The van der Waals surface area contributed by atoms with E-state index >= 15 is 0 Å². The monoisotopic (exact) mass is 429 g/mol. The highest BCUT2D eigenvalue weighted by molar-refractivity contribution is 5.75. The summed E-state index contributed by atoms with van der Waals surface area (Å²) in [4.78, 5) is 12.9. The van der Waals surface area contributed by atoms with Gasteiger partial charge < -0.3 is 4.74 Å². The van der Waals surface area contributed by atoms with Gasteiger partial charge in [0.1, 0.15) is 29.0 Å². The first-order valence-electron chi connectivity index (χ1n) is 12.1. The number of nitrogens with zero attached hydrogens (tertiary/aromatic N) is 1. The van der Waals surface area contributed by atoms with Crippen LogP contribution in [0.1, 0.15) is 83.1 Å². The topological polar surface area (TPSA) is 50.1 Å². The van der Waals surface area contributed by atoms with Crippen LogP contribution in [0, 0.1) is 58.5 Å². The van der Waals surface area contributed by atoms with E-state index in [4.69, 9.17) is 10.00 Å². The zero-order valence-electron chi connectivity index (χ0n) is 18.4. The Morgan fingerprint density at radius 3 is 2.32 bits per heavy atom. The minimum absolute atomic E-state index is 0.150. The van der Waals surface area contributed by atoms with Crippen LogP contribution in [0.3, 0.4) is 0 Å². The molecule has 168 valence electrons. The summed E-state index contributed by atoms with van der Waals surface area (Å²) in [5, 5.41) is 8.81. The summed E-state index contributed by atoms with van der Waals surface area (Å²) in [5.41, 5.74) is -0.649. The van der Waals surface area contributed by atoms with E-state index < -0.39 is 17.2 Å². The van der Waals surface area contributed by atoms with Gasteiger partial charge in [0.15, 0.2) is 0 Å². The van der Waals surface area contributed by atoms with E-state index in [1.165, 1.54) is 57.4 Å². The smallest absolute Gasteiger partial charge is 0.314 e. The van der Waals surface area contributed by atoms with Crippen molar-refractivity contribution in [2.45, 2.75) is 77.6 Å². The summed E-state index contributed by atoms with van der Waals surface area (Å²) < 4.78 is 33.2. The highest BCUT2D eigenvalue weighted by Gasteiger charge is 2.43. The van der Waals surface area contributed by atoms with Crippen molar-refractivity contribution in [3.05, 3.63) is 29.3 Å². The molecule has 0 aliphatic heterocycles. The third kappa shape index (κ3) is 4.78. The molecule has 5 heteroatoms. The van der Waals surface area contributed by atoms with Gasteiger partial charge in [0.05, 0.1) is 5.92 Å². The summed E-state index contributed by atoms with van der Waals surface area (Å²) in [6.07, 6.45) is 13.2. The van der Waals surface area contributed by atoms with Crippen molar-refractivity contribution >= 4 is 5.97 Å². The van der Waals surface area contributed by atoms with Crippen molar-refractivity contribution in [3.63, 3.8) is 0 Å². The van der Waals surface area contributed by atoms with E-state index in [1.807, 2.05) is 0 Å². The first-order chi connectivity index (χ1) is 15.0. The fraction of sp³-hybridized carbons (Fsp3) is 0.692. The number of carbonyl (C=O) groups excluding carboxylic acids is 1. The minimum atomic E-state index is -0.995. The second kappa shape index (κ2) is 9.67. The van der Waals surface area contributed by atoms with Gasteiger partial charge in [0.25, 0.3) is 0 Å². The lowest BCUT2D eigenvalue weighted by Gasteiger charge is -2.46. The molecule has 4 rings (SSSR count). The SMILES string of the molecule is CCC1CCC(C2CCC3C(CCCC3C(=O)Oc3cc(F)c(C#N)c(F)c3)C2)CC1. The first-order valence-corrected chi connectivity index (χ1v) is 12.1. The second-order valence-electron chi connectivity index (χ2n) is 10.0. The fourth-order valence-corrected chi connectivity index (χ4v) is 6.70. The summed E-state index contributed by atoms with van der Waals surface area (Å²) in [6.45, 7) is 2.30. The largest absolute Gasteiger partial charge is 0.426 e. The highest BCUT2D eigenvalue weighted by Crippen LogP contribution is 2.50. The predicted molar refractivity (Wildman–Crippen MR) is 114 cm³/mol. The molecule has 0 N–H and O–H groups in total. The van der Waals surface area contributed by atoms with Gasteiger partial charge in [-0.1, -0.05) is 39.0 Å². The van der Waals surface area contributed by atoms with Gasteiger partial charge in [-0.2, -0.15) is 5.26 Å². The molecule has 3 aliphatic carbocycles. The average Bonchev–Trinajstić information content (AvgIpc) is 2.78. The zero-order chi connectivity index (χ0) is 22.0. The molecular weight excluding hydrogens is 396 g/mol. The number of benzene rings is 1. The summed E-state index contributed by atoms with van der Waals surface area (Å²) in [7, 11) is 0.